The van der Waals surface area contributed by atoms with Gasteiger partial charge in [-0.15, -0.1) is 11.8 Å². The summed E-state index contributed by atoms with van der Waals surface area (Å²) in [6, 6.07) is 10.1. The van der Waals surface area contributed by atoms with Gasteiger partial charge in [0, 0.05) is 10.6 Å². The Bertz CT molecular complexity index is 799. The zero-order valence-corrected chi connectivity index (χ0v) is 16.1. The molecule has 0 fully saturated rings. The number of thioether (sulfide) groups is 1. The fourth-order valence-electron chi connectivity index (χ4n) is 2.59. The summed E-state index contributed by atoms with van der Waals surface area (Å²) in [6.45, 7) is 7.33. The van der Waals surface area contributed by atoms with Gasteiger partial charge in [0.1, 0.15) is 5.82 Å². The first-order chi connectivity index (χ1) is 12.3. The van der Waals surface area contributed by atoms with Gasteiger partial charge in [0.05, 0.1) is 5.75 Å². The van der Waals surface area contributed by atoms with Crippen molar-refractivity contribution in [2.24, 2.45) is 0 Å². The van der Waals surface area contributed by atoms with Crippen molar-refractivity contribution < 1.29 is 18.7 Å². The van der Waals surface area contributed by atoms with Crippen LogP contribution in [-0.2, 0) is 14.3 Å². The number of carbonyl (C=O) groups is 2. The number of carbonyl (C=O) groups excluding carboxylic acids is 2. The normalized spacial score (nSPS) is 11.7. The molecule has 0 radical (unpaired) electrons. The third-order valence-electron chi connectivity index (χ3n) is 3.78. The molecule has 0 bridgehead atoms. The van der Waals surface area contributed by atoms with E-state index >= 15 is 0 Å². The highest BCUT2D eigenvalue weighted by Gasteiger charge is 2.19. The Morgan fingerprint density at radius 1 is 1.15 bits per heavy atom. The zero-order chi connectivity index (χ0) is 19.3. The maximum atomic E-state index is 13.5. The Labute approximate surface area is 157 Å². The number of amides is 1. The lowest BCUT2D eigenvalue weighted by Crippen LogP contribution is -2.31. The number of anilines is 1. The molecule has 2 rings (SSSR count). The van der Waals surface area contributed by atoms with Crippen molar-refractivity contribution in [1.29, 1.82) is 0 Å². The predicted molar refractivity (Wildman–Crippen MR) is 102 cm³/mol. The summed E-state index contributed by atoms with van der Waals surface area (Å²) in [5.41, 5.74) is 3.74. The number of rotatable bonds is 6. The van der Waals surface area contributed by atoms with E-state index in [1.54, 1.807) is 18.2 Å². The third-order valence-corrected chi connectivity index (χ3v) is 4.81. The molecular weight excluding hydrogens is 353 g/mol. The summed E-state index contributed by atoms with van der Waals surface area (Å²) < 4.78 is 18.7. The van der Waals surface area contributed by atoms with Crippen LogP contribution in [0.3, 0.4) is 0 Å². The molecule has 0 heterocycles. The quantitative estimate of drug-likeness (QED) is 0.600. The second kappa shape index (κ2) is 8.85. The molecule has 0 aromatic heterocycles. The molecule has 6 heteroatoms. The van der Waals surface area contributed by atoms with Gasteiger partial charge in [0.25, 0.3) is 5.91 Å². The van der Waals surface area contributed by atoms with Crippen molar-refractivity contribution in [3.63, 3.8) is 0 Å². The summed E-state index contributed by atoms with van der Waals surface area (Å²) >= 11 is 1.04. The Balaban J connectivity index is 1.90. The monoisotopic (exact) mass is 375 g/mol. The summed E-state index contributed by atoms with van der Waals surface area (Å²) in [5.74, 6) is -1.43. The number of hydrogen-bond donors (Lipinski definition) is 1. The average molecular weight is 375 g/mol. The van der Waals surface area contributed by atoms with Crippen LogP contribution in [0.1, 0.15) is 23.6 Å². The fourth-order valence-corrected chi connectivity index (χ4v) is 3.31. The SMILES string of the molecule is Cc1cc(C)c(NC(=O)[C@H](C)OC(=O)CSc2ccccc2F)c(C)c1. The van der Waals surface area contributed by atoms with Crippen LogP contribution < -0.4 is 5.32 Å². The Morgan fingerprint density at radius 3 is 2.38 bits per heavy atom. The maximum absolute atomic E-state index is 13.5. The largest absolute Gasteiger partial charge is 0.452 e. The lowest BCUT2D eigenvalue weighted by Gasteiger charge is -2.17. The van der Waals surface area contributed by atoms with Crippen LogP contribution in [0, 0.1) is 26.6 Å². The average Bonchev–Trinajstić information content (AvgIpc) is 2.57. The molecule has 1 atom stereocenters. The summed E-state index contributed by atoms with van der Waals surface area (Å²) in [7, 11) is 0. The van der Waals surface area contributed by atoms with Gasteiger partial charge in [-0.05, 0) is 51.0 Å². The van der Waals surface area contributed by atoms with E-state index in [4.69, 9.17) is 4.74 Å². The van der Waals surface area contributed by atoms with E-state index in [0.29, 0.717) is 4.90 Å². The van der Waals surface area contributed by atoms with E-state index in [0.717, 1.165) is 34.1 Å². The topological polar surface area (TPSA) is 55.4 Å². The van der Waals surface area contributed by atoms with Crippen LogP contribution >= 0.6 is 11.8 Å². The van der Waals surface area contributed by atoms with Crippen LogP contribution in [0.4, 0.5) is 10.1 Å². The number of nitrogens with one attached hydrogen (secondary N) is 1. The van der Waals surface area contributed by atoms with Crippen molar-refractivity contribution in [2.75, 3.05) is 11.1 Å². The van der Waals surface area contributed by atoms with Crippen LogP contribution in [0.5, 0.6) is 0 Å². The van der Waals surface area contributed by atoms with Crippen molar-refractivity contribution in [3.05, 3.63) is 58.9 Å². The van der Waals surface area contributed by atoms with E-state index in [1.165, 1.54) is 13.0 Å². The highest BCUT2D eigenvalue weighted by Crippen LogP contribution is 2.23. The molecule has 4 nitrogen and oxygen atoms in total. The van der Waals surface area contributed by atoms with Gasteiger partial charge >= 0.3 is 5.97 Å². The van der Waals surface area contributed by atoms with Gasteiger partial charge in [-0.3, -0.25) is 9.59 Å². The number of benzene rings is 2. The van der Waals surface area contributed by atoms with Crippen LogP contribution in [0.25, 0.3) is 0 Å². The molecule has 0 aliphatic rings. The first kappa shape index (κ1) is 20.0. The molecule has 0 aliphatic heterocycles. The van der Waals surface area contributed by atoms with Crippen LogP contribution in [0.15, 0.2) is 41.3 Å². The fraction of sp³-hybridized carbons (Fsp3) is 0.300. The molecule has 1 N–H and O–H groups in total. The van der Waals surface area contributed by atoms with Crippen molar-refractivity contribution >= 4 is 29.3 Å². The van der Waals surface area contributed by atoms with Crippen molar-refractivity contribution in [3.8, 4) is 0 Å². The Hall–Kier alpha value is -2.34. The smallest absolute Gasteiger partial charge is 0.317 e. The summed E-state index contributed by atoms with van der Waals surface area (Å²) in [6.07, 6.45) is -0.941. The zero-order valence-electron chi connectivity index (χ0n) is 15.3. The second-order valence-electron chi connectivity index (χ2n) is 6.11. The van der Waals surface area contributed by atoms with Crippen LogP contribution in [-0.4, -0.2) is 23.7 Å². The van der Waals surface area contributed by atoms with Gasteiger partial charge in [-0.2, -0.15) is 0 Å². The number of esters is 1. The standard InChI is InChI=1S/C20H22FNO3S/c1-12-9-13(2)19(14(3)10-12)22-20(24)15(4)25-18(23)11-26-17-8-6-5-7-16(17)21/h5-10,15H,11H2,1-4H3,(H,22,24)/t15-/m0/s1. The molecule has 2 aromatic rings. The van der Waals surface area contributed by atoms with E-state index < -0.39 is 18.0 Å². The minimum Gasteiger partial charge on any atom is -0.452 e. The summed E-state index contributed by atoms with van der Waals surface area (Å²) in [5, 5.41) is 2.81. The molecule has 0 saturated heterocycles. The molecule has 0 spiro atoms. The van der Waals surface area contributed by atoms with Gasteiger partial charge in [0.15, 0.2) is 6.10 Å². The molecule has 0 saturated carbocycles. The molecule has 0 aliphatic carbocycles. The number of aryl methyl sites for hydroxylation is 3. The minimum absolute atomic E-state index is 0.0683. The van der Waals surface area contributed by atoms with E-state index in [-0.39, 0.29) is 11.6 Å². The first-order valence-electron chi connectivity index (χ1n) is 8.23. The lowest BCUT2D eigenvalue weighted by atomic mass is 10.0. The molecule has 138 valence electrons. The maximum Gasteiger partial charge on any atom is 0.317 e. The van der Waals surface area contributed by atoms with Gasteiger partial charge < -0.3 is 10.1 Å². The van der Waals surface area contributed by atoms with Crippen molar-refractivity contribution in [2.45, 2.75) is 38.7 Å². The van der Waals surface area contributed by atoms with E-state index in [2.05, 4.69) is 5.32 Å². The number of halogens is 1. The Morgan fingerprint density at radius 2 is 1.77 bits per heavy atom. The van der Waals surface area contributed by atoms with Gasteiger partial charge in [0.2, 0.25) is 0 Å². The third kappa shape index (κ3) is 5.33. The minimum atomic E-state index is -0.941. The highest BCUT2D eigenvalue weighted by molar-refractivity contribution is 8.00. The number of hydrogen-bond acceptors (Lipinski definition) is 4. The molecule has 26 heavy (non-hydrogen) atoms. The lowest BCUT2D eigenvalue weighted by molar-refractivity contribution is -0.150. The summed E-state index contributed by atoms with van der Waals surface area (Å²) in [4.78, 5) is 24.6. The highest BCUT2D eigenvalue weighted by atomic mass is 32.2. The molecule has 2 aromatic carbocycles. The molecular formula is C20H22FNO3S. The van der Waals surface area contributed by atoms with Crippen molar-refractivity contribution in [1.82, 2.24) is 0 Å². The van der Waals surface area contributed by atoms with E-state index in [9.17, 15) is 14.0 Å². The molecule has 1 amide bonds. The second-order valence-corrected chi connectivity index (χ2v) is 7.13. The first-order valence-corrected chi connectivity index (χ1v) is 9.22. The van der Waals surface area contributed by atoms with Crippen LogP contribution in [0.2, 0.25) is 0 Å². The van der Waals surface area contributed by atoms with Gasteiger partial charge in [-0.1, -0.05) is 29.8 Å². The van der Waals surface area contributed by atoms with E-state index in [1.807, 2.05) is 32.9 Å². The van der Waals surface area contributed by atoms with Gasteiger partial charge in [-0.25, -0.2) is 4.39 Å². The number of ether oxygens (including phenoxy) is 1. The molecule has 0 unspecified atom stereocenters. The predicted octanol–water partition coefficient (Wildman–Crippen LogP) is 4.41. The Kier molecular flexibility index (Phi) is 6.80.